The number of benzene rings is 1. The van der Waals surface area contributed by atoms with Crippen molar-refractivity contribution >= 4 is 17.2 Å². The molecule has 1 aliphatic heterocycles. The summed E-state index contributed by atoms with van der Waals surface area (Å²) in [6, 6.07) is 9.94. The minimum absolute atomic E-state index is 0.259. The van der Waals surface area contributed by atoms with Gasteiger partial charge in [-0.25, -0.2) is 0 Å². The molecule has 0 atom stereocenters. The number of rotatable bonds is 8. The van der Waals surface area contributed by atoms with E-state index in [4.69, 9.17) is 14.7 Å². The Balaban J connectivity index is 1.69. The fourth-order valence-corrected chi connectivity index (χ4v) is 4.94. The predicted molar refractivity (Wildman–Crippen MR) is 142 cm³/mol. The number of nitriles is 1. The van der Waals surface area contributed by atoms with Gasteiger partial charge in [-0.05, 0) is 68.1 Å². The molecule has 2 aliphatic rings. The number of allylic oxidation sites excluding steroid dienone is 2. The molecule has 1 fully saturated rings. The number of hydrogen-bond donors (Lipinski definition) is 2. The van der Waals surface area contributed by atoms with Gasteiger partial charge in [-0.15, -0.1) is 0 Å². The maximum Gasteiger partial charge on any atom is 0.272 e. The molecule has 7 heteroatoms. The third-order valence-corrected chi connectivity index (χ3v) is 7.39. The minimum Gasteiger partial charge on any atom is -0.381 e. The Bertz CT molecular complexity index is 1150. The first-order valence-electron chi connectivity index (χ1n) is 12.8. The van der Waals surface area contributed by atoms with Crippen molar-refractivity contribution < 1.29 is 14.3 Å². The van der Waals surface area contributed by atoms with Gasteiger partial charge in [-0.2, -0.15) is 5.26 Å². The number of amides is 1. The molecule has 2 heterocycles. The number of nitrogens with zero attached hydrogens (tertiary/aromatic N) is 2. The van der Waals surface area contributed by atoms with Crippen molar-refractivity contribution in [3.8, 4) is 6.07 Å². The maximum absolute atomic E-state index is 13.0. The predicted octanol–water partition coefficient (Wildman–Crippen LogP) is 5.32. The summed E-state index contributed by atoms with van der Waals surface area (Å²) < 4.78 is 12.3. The monoisotopic (exact) mass is 490 g/mol. The molecule has 0 saturated carbocycles. The highest BCUT2D eigenvalue weighted by Gasteiger charge is 2.36. The van der Waals surface area contributed by atoms with E-state index in [9.17, 15) is 4.79 Å². The first-order valence-corrected chi connectivity index (χ1v) is 12.8. The Morgan fingerprint density at radius 1 is 1.22 bits per heavy atom. The second kappa shape index (κ2) is 11.0. The quantitative estimate of drug-likeness (QED) is 0.523. The van der Waals surface area contributed by atoms with Gasteiger partial charge in [-0.3, -0.25) is 4.79 Å². The van der Waals surface area contributed by atoms with Gasteiger partial charge < -0.3 is 24.7 Å². The molecule has 7 nitrogen and oxygen atoms in total. The first-order chi connectivity index (χ1) is 17.2. The third kappa shape index (κ3) is 6.07. The lowest BCUT2D eigenvalue weighted by Crippen LogP contribution is -2.38. The lowest BCUT2D eigenvalue weighted by atomic mass is 9.76. The normalized spacial score (nSPS) is 18.9. The molecule has 2 aromatic rings. The lowest BCUT2D eigenvalue weighted by molar-refractivity contribution is -0.118. The number of nitrogens with one attached hydrogen (secondary N) is 2. The highest BCUT2D eigenvalue weighted by Crippen LogP contribution is 2.43. The number of H-pyrrole nitrogens is 1. The number of carbonyl (C=O) groups excluding carboxylic acids is 1. The fraction of sp³-hybridized carbons (Fsp3) is 0.517. The number of likely N-dealkylation sites (N-methyl/N-ethyl adjacent to an activating group) is 1. The number of ether oxygens (including phenoxy) is 2. The van der Waals surface area contributed by atoms with Crippen molar-refractivity contribution in [1.29, 1.82) is 5.26 Å². The van der Waals surface area contributed by atoms with E-state index in [1.54, 1.807) is 12.3 Å². The molecule has 192 valence electrons. The summed E-state index contributed by atoms with van der Waals surface area (Å²) in [6.07, 6.45) is 8.53. The summed E-state index contributed by atoms with van der Waals surface area (Å²) >= 11 is 0. The summed E-state index contributed by atoms with van der Waals surface area (Å²) in [4.78, 5) is 18.0. The molecule has 2 N–H and O–H groups in total. The average molecular weight is 491 g/mol. The van der Waals surface area contributed by atoms with Crippen LogP contribution in [0.15, 0.2) is 36.5 Å². The smallest absolute Gasteiger partial charge is 0.272 e. The van der Waals surface area contributed by atoms with Gasteiger partial charge in [0, 0.05) is 50.0 Å². The van der Waals surface area contributed by atoms with Gasteiger partial charge in [0.2, 0.25) is 0 Å². The molecule has 1 aliphatic carbocycles. The fourth-order valence-electron chi connectivity index (χ4n) is 4.94. The van der Waals surface area contributed by atoms with Crippen molar-refractivity contribution in [3.05, 3.63) is 58.9 Å². The largest absolute Gasteiger partial charge is 0.381 e. The van der Waals surface area contributed by atoms with Crippen LogP contribution in [0.3, 0.4) is 0 Å². The molecular weight excluding hydrogens is 452 g/mol. The van der Waals surface area contributed by atoms with Gasteiger partial charge in [0.1, 0.15) is 11.8 Å². The zero-order chi connectivity index (χ0) is 25.8. The summed E-state index contributed by atoms with van der Waals surface area (Å²) in [7, 11) is 4.10. The lowest BCUT2D eigenvalue weighted by Gasteiger charge is -2.38. The van der Waals surface area contributed by atoms with Crippen molar-refractivity contribution in [1.82, 2.24) is 9.88 Å². The van der Waals surface area contributed by atoms with Crippen LogP contribution < -0.4 is 5.32 Å². The maximum atomic E-state index is 13.0. The van der Waals surface area contributed by atoms with Crippen molar-refractivity contribution in [2.45, 2.75) is 51.6 Å². The van der Waals surface area contributed by atoms with E-state index in [1.807, 2.05) is 6.07 Å². The van der Waals surface area contributed by atoms with Crippen LogP contribution in [-0.2, 0) is 15.1 Å². The van der Waals surface area contributed by atoms with E-state index in [0.29, 0.717) is 31.1 Å². The third-order valence-electron chi connectivity index (χ3n) is 7.39. The molecule has 36 heavy (non-hydrogen) atoms. The van der Waals surface area contributed by atoms with Crippen LogP contribution >= 0.6 is 0 Å². The van der Waals surface area contributed by atoms with Gasteiger partial charge in [0.25, 0.3) is 5.91 Å². The molecule has 0 unspecified atom stereocenters. The summed E-state index contributed by atoms with van der Waals surface area (Å²) in [5, 5.41) is 12.2. The Morgan fingerprint density at radius 2 is 2.00 bits per heavy atom. The number of carbonyl (C=O) groups is 1. The molecular formula is C29H38N4O3. The Morgan fingerprint density at radius 3 is 2.64 bits per heavy atom. The van der Waals surface area contributed by atoms with Crippen LogP contribution in [0, 0.1) is 16.7 Å². The highest BCUT2D eigenvalue weighted by molar-refractivity contribution is 6.04. The van der Waals surface area contributed by atoms with E-state index in [-0.39, 0.29) is 11.3 Å². The number of aromatic amines is 1. The van der Waals surface area contributed by atoms with Crippen LogP contribution in [0.5, 0.6) is 0 Å². The zero-order valence-corrected chi connectivity index (χ0v) is 21.9. The molecule has 1 aromatic heterocycles. The molecule has 4 rings (SSSR count). The Labute approximate surface area is 214 Å². The van der Waals surface area contributed by atoms with Crippen LogP contribution in [0.1, 0.15) is 73.1 Å². The number of anilines is 1. The van der Waals surface area contributed by atoms with Crippen LogP contribution in [0.4, 0.5) is 5.69 Å². The average Bonchev–Trinajstić information content (AvgIpc) is 3.34. The van der Waals surface area contributed by atoms with E-state index in [2.05, 4.69) is 67.4 Å². The molecule has 0 radical (unpaired) electrons. The van der Waals surface area contributed by atoms with Crippen molar-refractivity contribution in [2.75, 3.05) is 45.8 Å². The first kappa shape index (κ1) is 26.2. The van der Waals surface area contributed by atoms with Crippen molar-refractivity contribution in [2.24, 2.45) is 5.41 Å². The second-order valence-corrected chi connectivity index (χ2v) is 11.0. The van der Waals surface area contributed by atoms with E-state index < -0.39 is 5.60 Å². The van der Waals surface area contributed by atoms with Crippen LogP contribution in [-0.4, -0.2) is 56.3 Å². The van der Waals surface area contributed by atoms with E-state index >= 15 is 0 Å². The molecule has 1 aromatic carbocycles. The van der Waals surface area contributed by atoms with Crippen LogP contribution in [0.2, 0.25) is 0 Å². The number of hydrogen-bond acceptors (Lipinski definition) is 5. The summed E-state index contributed by atoms with van der Waals surface area (Å²) in [5.41, 5.74) is 4.89. The van der Waals surface area contributed by atoms with Gasteiger partial charge in [0.05, 0.1) is 17.8 Å². The second-order valence-electron chi connectivity index (χ2n) is 11.0. The van der Waals surface area contributed by atoms with Crippen molar-refractivity contribution in [3.63, 3.8) is 0 Å². The van der Waals surface area contributed by atoms with Gasteiger partial charge in [-0.1, -0.05) is 26.0 Å². The number of aromatic nitrogens is 1. The topological polar surface area (TPSA) is 90.4 Å². The van der Waals surface area contributed by atoms with Gasteiger partial charge in [0.15, 0.2) is 0 Å². The standard InChI is InChI=1S/C29H38N4O3/c1-28(2)9-7-22(8-10-28)24-18-23(29(11-14-35-15-12-29)36-16-13-33(3)4)5-6-25(24)32-27(34)26-17-21(19-30)20-31-26/h5-7,17-18,20,31H,8-16H2,1-4H3,(H,32,34). The summed E-state index contributed by atoms with van der Waals surface area (Å²) in [5.74, 6) is -0.259. The molecule has 0 bridgehead atoms. The van der Waals surface area contributed by atoms with Crippen LogP contribution in [0.25, 0.3) is 5.57 Å². The molecule has 0 spiro atoms. The Hall–Kier alpha value is -2.92. The zero-order valence-electron chi connectivity index (χ0n) is 21.9. The highest BCUT2D eigenvalue weighted by atomic mass is 16.5. The summed E-state index contributed by atoms with van der Waals surface area (Å²) in [6.45, 7) is 7.43. The van der Waals surface area contributed by atoms with E-state index in [0.717, 1.165) is 55.5 Å². The minimum atomic E-state index is -0.402. The molecule has 1 amide bonds. The van der Waals surface area contributed by atoms with E-state index in [1.165, 1.54) is 5.57 Å². The van der Waals surface area contributed by atoms with Gasteiger partial charge >= 0.3 is 0 Å². The SMILES string of the molecule is CN(C)CCOC1(c2ccc(NC(=O)c3cc(C#N)c[nH]3)c(C3=CCC(C)(C)CC3)c2)CCOCC1. The molecule has 1 saturated heterocycles. The Kier molecular flexibility index (Phi) is 7.99.